The highest BCUT2D eigenvalue weighted by molar-refractivity contribution is 7.88. The van der Waals surface area contributed by atoms with Crippen LogP contribution in [0.3, 0.4) is 0 Å². The van der Waals surface area contributed by atoms with Crippen LogP contribution in [0.5, 0.6) is 0 Å². The zero-order chi connectivity index (χ0) is 22.3. The quantitative estimate of drug-likeness (QED) is 0.643. The van der Waals surface area contributed by atoms with Gasteiger partial charge in [-0.1, -0.05) is 0 Å². The minimum absolute atomic E-state index is 0.0267. The molecule has 2 atom stereocenters. The molecule has 1 N–H and O–H groups in total. The van der Waals surface area contributed by atoms with Gasteiger partial charge in [0.25, 0.3) is 0 Å². The van der Waals surface area contributed by atoms with Crippen molar-refractivity contribution < 1.29 is 13.2 Å². The Morgan fingerprint density at radius 1 is 1.22 bits per heavy atom. The second kappa shape index (κ2) is 8.42. The van der Waals surface area contributed by atoms with Crippen LogP contribution < -0.4 is 4.90 Å². The van der Waals surface area contributed by atoms with Crippen molar-refractivity contribution in [1.29, 1.82) is 0 Å². The van der Waals surface area contributed by atoms with Crippen LogP contribution in [0.25, 0.3) is 22.4 Å². The van der Waals surface area contributed by atoms with Crippen LogP contribution in [0.2, 0.25) is 0 Å². The highest BCUT2D eigenvalue weighted by Gasteiger charge is 2.30. The van der Waals surface area contributed by atoms with Crippen molar-refractivity contribution in [3.05, 3.63) is 36.3 Å². The van der Waals surface area contributed by atoms with Crippen LogP contribution in [-0.2, 0) is 14.8 Å². The maximum atomic E-state index is 12.2. The van der Waals surface area contributed by atoms with Gasteiger partial charge in [-0.15, -0.1) is 0 Å². The zero-order valence-electron chi connectivity index (χ0n) is 18.4. The lowest BCUT2D eigenvalue weighted by atomic mass is 9.95. The first-order valence-corrected chi connectivity index (χ1v) is 12.9. The summed E-state index contributed by atoms with van der Waals surface area (Å²) in [6.45, 7) is 5.20. The van der Waals surface area contributed by atoms with Gasteiger partial charge in [-0.2, -0.15) is 0 Å². The molecule has 2 saturated heterocycles. The van der Waals surface area contributed by atoms with Crippen molar-refractivity contribution >= 4 is 26.9 Å². The van der Waals surface area contributed by atoms with E-state index in [1.54, 1.807) is 10.5 Å². The number of H-pyrrole nitrogens is 1. The Morgan fingerprint density at radius 3 is 2.91 bits per heavy atom. The molecule has 5 rings (SSSR count). The fourth-order valence-electron chi connectivity index (χ4n) is 4.64. The molecule has 170 valence electrons. The number of hydrogen-bond donors (Lipinski definition) is 1. The summed E-state index contributed by atoms with van der Waals surface area (Å²) >= 11 is 0. The Kier molecular flexibility index (Phi) is 5.60. The predicted molar refractivity (Wildman–Crippen MR) is 123 cm³/mol. The molecule has 0 radical (unpaired) electrons. The third-order valence-corrected chi connectivity index (χ3v) is 7.64. The summed E-state index contributed by atoms with van der Waals surface area (Å²) in [4.78, 5) is 19.7. The standard InChI is InChI=1S/C22H28N6O3S/c1-15-14-31-11-10-28(15)20-12-19(16-4-3-9-27(13-16)32(2,29)30)25-22(26-20)18-6-8-24-21-17(18)5-7-23-21/h5-8,12,15-16H,3-4,9-11,13-14H2,1-2H3,(H,23,24)/t15-,16+/m1/s1. The number of rotatable bonds is 4. The number of nitrogens with one attached hydrogen (secondary N) is 1. The average Bonchev–Trinajstić information content (AvgIpc) is 3.28. The molecule has 0 amide bonds. The first kappa shape index (κ1) is 21.3. The predicted octanol–water partition coefficient (Wildman–Crippen LogP) is 2.38. The van der Waals surface area contributed by atoms with Gasteiger partial charge in [-0.3, -0.25) is 0 Å². The summed E-state index contributed by atoms with van der Waals surface area (Å²) < 4.78 is 31.6. The molecule has 0 aromatic carbocycles. The van der Waals surface area contributed by atoms with E-state index >= 15 is 0 Å². The SMILES string of the molecule is C[C@@H]1COCCN1c1cc([C@H]2CCCN(S(C)(=O)=O)C2)nc(-c2ccnc3[nH]ccc23)n1. The van der Waals surface area contributed by atoms with Gasteiger partial charge >= 0.3 is 0 Å². The number of anilines is 1. The molecule has 2 aliphatic heterocycles. The van der Waals surface area contributed by atoms with E-state index in [2.05, 4.69) is 21.8 Å². The molecule has 5 heterocycles. The maximum Gasteiger partial charge on any atom is 0.211 e. The first-order chi connectivity index (χ1) is 15.4. The topological polar surface area (TPSA) is 104 Å². The second-order valence-electron chi connectivity index (χ2n) is 8.65. The van der Waals surface area contributed by atoms with Crippen LogP contribution in [0.4, 0.5) is 5.82 Å². The number of piperidine rings is 1. The van der Waals surface area contributed by atoms with Crippen molar-refractivity contribution in [2.75, 3.05) is 44.0 Å². The number of ether oxygens (including phenoxy) is 1. The molecule has 0 spiro atoms. The van der Waals surface area contributed by atoms with Crippen molar-refractivity contribution in [3.8, 4) is 11.4 Å². The molecule has 9 nitrogen and oxygen atoms in total. The lowest BCUT2D eigenvalue weighted by molar-refractivity contribution is 0.0985. The van der Waals surface area contributed by atoms with Crippen molar-refractivity contribution in [2.24, 2.45) is 0 Å². The Morgan fingerprint density at radius 2 is 2.09 bits per heavy atom. The Labute approximate surface area is 187 Å². The van der Waals surface area contributed by atoms with Gasteiger partial charge in [0, 0.05) is 55.0 Å². The highest BCUT2D eigenvalue weighted by atomic mass is 32.2. The largest absolute Gasteiger partial charge is 0.377 e. The summed E-state index contributed by atoms with van der Waals surface area (Å²) in [5.41, 5.74) is 2.59. The number of nitrogens with zero attached hydrogens (tertiary/aromatic N) is 5. The van der Waals surface area contributed by atoms with E-state index in [0.29, 0.717) is 32.1 Å². The van der Waals surface area contributed by atoms with Gasteiger partial charge in [0.1, 0.15) is 11.5 Å². The number of sulfonamides is 1. The Bertz CT molecular complexity index is 1230. The molecule has 10 heteroatoms. The lowest BCUT2D eigenvalue weighted by Crippen LogP contribution is -2.44. The summed E-state index contributed by atoms with van der Waals surface area (Å²) in [6, 6.07) is 6.15. The molecule has 32 heavy (non-hydrogen) atoms. The number of aromatic amines is 1. The normalized spacial score (nSPS) is 23.0. The molecule has 2 aliphatic rings. The third kappa shape index (κ3) is 4.10. The number of hydrogen-bond acceptors (Lipinski definition) is 7. The summed E-state index contributed by atoms with van der Waals surface area (Å²) in [5, 5.41) is 0.965. The van der Waals surface area contributed by atoms with E-state index in [1.807, 2.05) is 24.4 Å². The van der Waals surface area contributed by atoms with E-state index < -0.39 is 10.0 Å². The fourth-order valence-corrected chi connectivity index (χ4v) is 5.55. The number of morpholine rings is 1. The second-order valence-corrected chi connectivity index (χ2v) is 10.6. The van der Waals surface area contributed by atoms with Crippen LogP contribution in [0.1, 0.15) is 31.4 Å². The van der Waals surface area contributed by atoms with Crippen LogP contribution in [0.15, 0.2) is 30.6 Å². The number of fused-ring (bicyclic) bond motifs is 1. The van der Waals surface area contributed by atoms with Crippen LogP contribution in [-0.4, -0.2) is 77.8 Å². The summed E-state index contributed by atoms with van der Waals surface area (Å²) in [6.07, 6.45) is 6.61. The smallest absolute Gasteiger partial charge is 0.211 e. The van der Waals surface area contributed by atoms with Gasteiger partial charge in [-0.05, 0) is 31.9 Å². The molecule has 0 saturated carbocycles. The zero-order valence-corrected chi connectivity index (χ0v) is 19.2. The molecule has 0 unspecified atom stereocenters. The molecular weight excluding hydrogens is 428 g/mol. The third-order valence-electron chi connectivity index (χ3n) is 6.37. The van der Waals surface area contributed by atoms with Crippen LogP contribution >= 0.6 is 0 Å². The lowest BCUT2D eigenvalue weighted by Gasteiger charge is -2.35. The Hall–Kier alpha value is -2.56. The van der Waals surface area contributed by atoms with Crippen molar-refractivity contribution in [1.82, 2.24) is 24.2 Å². The number of aromatic nitrogens is 4. The molecule has 3 aromatic rings. The van der Waals surface area contributed by atoms with E-state index in [9.17, 15) is 8.42 Å². The van der Waals surface area contributed by atoms with Crippen molar-refractivity contribution in [2.45, 2.75) is 31.7 Å². The molecule has 0 aliphatic carbocycles. The molecular formula is C22H28N6O3S. The van der Waals surface area contributed by atoms with E-state index in [4.69, 9.17) is 14.7 Å². The highest BCUT2D eigenvalue weighted by Crippen LogP contribution is 2.33. The summed E-state index contributed by atoms with van der Waals surface area (Å²) in [7, 11) is -3.24. The van der Waals surface area contributed by atoms with Gasteiger partial charge < -0.3 is 14.6 Å². The van der Waals surface area contributed by atoms with Gasteiger partial charge in [0.15, 0.2) is 5.82 Å². The van der Waals surface area contributed by atoms with E-state index in [1.165, 1.54) is 6.26 Å². The fraction of sp³-hybridized carbons (Fsp3) is 0.500. The first-order valence-electron chi connectivity index (χ1n) is 11.0. The van der Waals surface area contributed by atoms with E-state index in [0.717, 1.165) is 47.5 Å². The molecule has 3 aromatic heterocycles. The molecule has 0 bridgehead atoms. The minimum atomic E-state index is -3.24. The average molecular weight is 457 g/mol. The summed E-state index contributed by atoms with van der Waals surface area (Å²) in [5.74, 6) is 1.52. The van der Waals surface area contributed by atoms with Gasteiger partial charge in [0.05, 0.1) is 31.2 Å². The van der Waals surface area contributed by atoms with Crippen LogP contribution in [0, 0.1) is 0 Å². The molecule has 2 fully saturated rings. The number of pyridine rings is 1. The Balaban J connectivity index is 1.61. The van der Waals surface area contributed by atoms with Gasteiger partial charge in [-0.25, -0.2) is 27.7 Å². The monoisotopic (exact) mass is 456 g/mol. The van der Waals surface area contributed by atoms with E-state index in [-0.39, 0.29) is 12.0 Å². The van der Waals surface area contributed by atoms with Gasteiger partial charge in [0.2, 0.25) is 10.0 Å². The maximum absolute atomic E-state index is 12.2. The van der Waals surface area contributed by atoms with Crippen molar-refractivity contribution in [3.63, 3.8) is 0 Å². The minimum Gasteiger partial charge on any atom is -0.377 e.